The summed E-state index contributed by atoms with van der Waals surface area (Å²) in [4.78, 5) is 13.8. The molecule has 5 heteroatoms. The van der Waals surface area contributed by atoms with Crippen LogP contribution in [-0.4, -0.2) is 43.7 Å². The molecule has 0 aromatic carbocycles. The maximum atomic E-state index is 11.4. The molecule has 2 rings (SSSR count). The second-order valence-corrected chi connectivity index (χ2v) is 5.16. The average Bonchev–Trinajstić information content (AvgIpc) is 2.94. The Labute approximate surface area is 112 Å². The van der Waals surface area contributed by atoms with Gasteiger partial charge in [0.15, 0.2) is 0 Å². The first-order valence-corrected chi connectivity index (χ1v) is 7.36. The number of carbonyl (C=O) groups is 1. The van der Waals surface area contributed by atoms with Crippen molar-refractivity contribution in [3.63, 3.8) is 0 Å². The van der Waals surface area contributed by atoms with Crippen LogP contribution in [0.1, 0.15) is 24.9 Å². The Bertz CT molecular complexity index is 361. The molecule has 1 aliphatic rings. The molecule has 0 radical (unpaired) electrons. The summed E-state index contributed by atoms with van der Waals surface area (Å²) in [6, 6.07) is 2.42. The molecule has 0 aliphatic carbocycles. The van der Waals surface area contributed by atoms with E-state index in [1.807, 2.05) is 6.92 Å². The van der Waals surface area contributed by atoms with Crippen LogP contribution in [0.2, 0.25) is 0 Å². The van der Waals surface area contributed by atoms with Crippen LogP contribution in [0.15, 0.2) is 16.8 Å². The molecule has 1 fully saturated rings. The number of morpholine rings is 1. The fraction of sp³-hybridized carbons (Fsp3) is 0.615. The second-order valence-electron chi connectivity index (χ2n) is 4.38. The van der Waals surface area contributed by atoms with Crippen LogP contribution in [0.25, 0.3) is 0 Å². The van der Waals surface area contributed by atoms with Crippen molar-refractivity contribution in [1.82, 2.24) is 10.2 Å². The lowest BCUT2D eigenvalue weighted by atomic mass is 10.1. The largest absolute Gasteiger partial charge is 0.379 e. The summed E-state index contributed by atoms with van der Waals surface area (Å²) in [5.74, 6) is 0.114. The number of rotatable bonds is 5. The topological polar surface area (TPSA) is 41.6 Å². The predicted octanol–water partition coefficient (Wildman–Crippen LogP) is 1.65. The average molecular weight is 268 g/mol. The zero-order valence-corrected chi connectivity index (χ0v) is 11.5. The van der Waals surface area contributed by atoms with Crippen molar-refractivity contribution in [2.75, 3.05) is 32.8 Å². The van der Waals surface area contributed by atoms with E-state index in [9.17, 15) is 4.79 Å². The maximum Gasteiger partial charge on any atom is 0.219 e. The summed E-state index contributed by atoms with van der Waals surface area (Å²) in [5, 5.41) is 7.25. The maximum absolute atomic E-state index is 11.4. The van der Waals surface area contributed by atoms with Gasteiger partial charge in [0, 0.05) is 26.1 Å². The first kappa shape index (κ1) is 13.5. The normalized spacial score (nSPS) is 18.5. The molecule has 1 aromatic heterocycles. The quantitative estimate of drug-likeness (QED) is 0.883. The summed E-state index contributed by atoms with van der Waals surface area (Å²) in [6.07, 6.45) is 0.541. The second kappa shape index (κ2) is 6.87. The standard InChI is InChI=1S/C13H20N2O2S/c1-2-13(16)14-9-12(11-3-8-18-10-11)15-4-6-17-7-5-15/h3,8,10,12H,2,4-7,9H2,1H3,(H,14,16). The van der Waals surface area contributed by atoms with Crippen LogP contribution >= 0.6 is 11.3 Å². The van der Waals surface area contributed by atoms with Gasteiger partial charge in [-0.15, -0.1) is 0 Å². The van der Waals surface area contributed by atoms with Gasteiger partial charge >= 0.3 is 0 Å². The molecule has 1 amide bonds. The number of hydrogen-bond donors (Lipinski definition) is 1. The fourth-order valence-electron chi connectivity index (χ4n) is 2.15. The molecule has 1 aromatic rings. The van der Waals surface area contributed by atoms with Crippen LogP contribution in [0.5, 0.6) is 0 Å². The van der Waals surface area contributed by atoms with Gasteiger partial charge in [0.25, 0.3) is 0 Å². The Morgan fingerprint density at radius 1 is 1.56 bits per heavy atom. The minimum absolute atomic E-state index is 0.114. The van der Waals surface area contributed by atoms with Crippen LogP contribution < -0.4 is 5.32 Å². The van der Waals surface area contributed by atoms with Gasteiger partial charge in [-0.25, -0.2) is 0 Å². The van der Waals surface area contributed by atoms with Gasteiger partial charge < -0.3 is 10.1 Å². The fourth-order valence-corrected chi connectivity index (χ4v) is 2.85. The van der Waals surface area contributed by atoms with Gasteiger partial charge in [-0.05, 0) is 22.4 Å². The molecule has 4 nitrogen and oxygen atoms in total. The molecular formula is C13H20N2O2S. The third kappa shape index (κ3) is 3.54. The van der Waals surface area contributed by atoms with Crippen molar-refractivity contribution in [3.05, 3.63) is 22.4 Å². The Balaban J connectivity index is 2.00. The van der Waals surface area contributed by atoms with Crippen LogP contribution in [0.4, 0.5) is 0 Å². The third-order valence-electron chi connectivity index (χ3n) is 3.23. The number of thiophene rings is 1. The van der Waals surface area contributed by atoms with Crippen molar-refractivity contribution in [1.29, 1.82) is 0 Å². The summed E-state index contributed by atoms with van der Waals surface area (Å²) >= 11 is 1.70. The Morgan fingerprint density at radius 3 is 2.94 bits per heavy atom. The smallest absolute Gasteiger partial charge is 0.219 e. The van der Waals surface area contributed by atoms with E-state index in [0.29, 0.717) is 13.0 Å². The van der Waals surface area contributed by atoms with E-state index in [1.165, 1.54) is 5.56 Å². The summed E-state index contributed by atoms with van der Waals surface area (Å²) in [6.45, 7) is 5.99. The predicted molar refractivity (Wildman–Crippen MR) is 72.8 cm³/mol. The molecular weight excluding hydrogens is 248 g/mol. The Hall–Kier alpha value is -0.910. The van der Waals surface area contributed by atoms with E-state index in [1.54, 1.807) is 11.3 Å². The van der Waals surface area contributed by atoms with Gasteiger partial charge in [-0.2, -0.15) is 11.3 Å². The van der Waals surface area contributed by atoms with E-state index in [0.717, 1.165) is 26.3 Å². The Kier molecular flexibility index (Phi) is 5.16. The molecule has 0 saturated carbocycles. The van der Waals surface area contributed by atoms with Crippen LogP contribution in [0.3, 0.4) is 0 Å². The van der Waals surface area contributed by atoms with Gasteiger partial charge in [0.05, 0.1) is 19.3 Å². The molecule has 0 spiro atoms. The molecule has 1 unspecified atom stereocenters. The molecule has 100 valence electrons. The third-order valence-corrected chi connectivity index (χ3v) is 3.93. The van der Waals surface area contributed by atoms with Crippen molar-refractivity contribution in [3.8, 4) is 0 Å². The van der Waals surface area contributed by atoms with Crippen molar-refractivity contribution >= 4 is 17.2 Å². The number of amides is 1. The lowest BCUT2D eigenvalue weighted by molar-refractivity contribution is -0.121. The highest BCUT2D eigenvalue weighted by molar-refractivity contribution is 7.07. The van der Waals surface area contributed by atoms with Gasteiger partial charge in [0.2, 0.25) is 5.91 Å². The number of ether oxygens (including phenoxy) is 1. The Morgan fingerprint density at radius 2 is 2.33 bits per heavy atom. The lowest BCUT2D eigenvalue weighted by Gasteiger charge is -2.34. The zero-order chi connectivity index (χ0) is 12.8. The van der Waals surface area contributed by atoms with Crippen molar-refractivity contribution < 1.29 is 9.53 Å². The zero-order valence-electron chi connectivity index (χ0n) is 10.7. The number of carbonyl (C=O) groups excluding carboxylic acids is 1. The van der Waals surface area contributed by atoms with Gasteiger partial charge in [0.1, 0.15) is 0 Å². The highest BCUT2D eigenvalue weighted by Gasteiger charge is 2.23. The SMILES string of the molecule is CCC(=O)NCC(c1ccsc1)N1CCOCC1. The number of nitrogens with one attached hydrogen (secondary N) is 1. The monoisotopic (exact) mass is 268 g/mol. The molecule has 1 atom stereocenters. The molecule has 2 heterocycles. The first-order valence-electron chi connectivity index (χ1n) is 6.42. The van der Waals surface area contributed by atoms with Gasteiger partial charge in [-0.3, -0.25) is 9.69 Å². The minimum Gasteiger partial charge on any atom is -0.379 e. The molecule has 18 heavy (non-hydrogen) atoms. The highest BCUT2D eigenvalue weighted by atomic mass is 32.1. The first-order chi connectivity index (χ1) is 8.81. The molecule has 1 saturated heterocycles. The minimum atomic E-state index is 0.114. The van der Waals surface area contributed by atoms with E-state index >= 15 is 0 Å². The summed E-state index contributed by atoms with van der Waals surface area (Å²) in [5.41, 5.74) is 1.29. The number of nitrogens with zero attached hydrogens (tertiary/aromatic N) is 1. The van der Waals surface area contributed by atoms with Crippen molar-refractivity contribution in [2.24, 2.45) is 0 Å². The molecule has 1 aliphatic heterocycles. The molecule has 1 N–H and O–H groups in total. The van der Waals surface area contributed by atoms with E-state index in [2.05, 4.69) is 27.0 Å². The number of hydrogen-bond acceptors (Lipinski definition) is 4. The van der Waals surface area contributed by atoms with E-state index in [4.69, 9.17) is 4.74 Å². The summed E-state index contributed by atoms with van der Waals surface area (Å²) in [7, 11) is 0. The van der Waals surface area contributed by atoms with Crippen LogP contribution in [-0.2, 0) is 9.53 Å². The van der Waals surface area contributed by atoms with E-state index in [-0.39, 0.29) is 11.9 Å². The lowest BCUT2D eigenvalue weighted by Crippen LogP contribution is -2.43. The van der Waals surface area contributed by atoms with Gasteiger partial charge in [-0.1, -0.05) is 6.92 Å². The van der Waals surface area contributed by atoms with Crippen molar-refractivity contribution in [2.45, 2.75) is 19.4 Å². The van der Waals surface area contributed by atoms with Crippen LogP contribution in [0, 0.1) is 0 Å². The summed E-state index contributed by atoms with van der Waals surface area (Å²) < 4.78 is 5.39. The van der Waals surface area contributed by atoms with E-state index < -0.39 is 0 Å². The molecule has 0 bridgehead atoms. The highest BCUT2D eigenvalue weighted by Crippen LogP contribution is 2.23.